The molecule has 6 heteroatoms. The highest BCUT2D eigenvalue weighted by molar-refractivity contribution is 9.10. The molecule has 1 aromatic carbocycles. The van der Waals surface area contributed by atoms with Gasteiger partial charge in [0.2, 0.25) is 0 Å². The van der Waals surface area contributed by atoms with E-state index in [1.54, 1.807) is 12.1 Å². The van der Waals surface area contributed by atoms with E-state index in [1.807, 2.05) is 0 Å². The highest BCUT2D eigenvalue weighted by Crippen LogP contribution is 2.30. The number of nitrogens with zero attached hydrogens (tertiary/aromatic N) is 2. The Morgan fingerprint density at radius 2 is 2.11 bits per heavy atom. The molecule has 19 heavy (non-hydrogen) atoms. The monoisotopic (exact) mass is 322 g/mol. The summed E-state index contributed by atoms with van der Waals surface area (Å²) >= 11 is 3.17. The molecule has 0 aliphatic heterocycles. The Labute approximate surface area is 118 Å². The van der Waals surface area contributed by atoms with E-state index in [2.05, 4.69) is 31.3 Å². The third-order valence-corrected chi connectivity index (χ3v) is 3.86. The normalized spacial score (nSPS) is 13.4. The quantitative estimate of drug-likeness (QED) is 0.659. The Kier molecular flexibility index (Phi) is 3.20. The van der Waals surface area contributed by atoms with Crippen LogP contribution in [0.5, 0.6) is 0 Å². The molecule has 0 spiro atoms. The van der Waals surface area contributed by atoms with Gasteiger partial charge in [0.1, 0.15) is 11.6 Å². The number of aromatic nitrogens is 2. The van der Waals surface area contributed by atoms with Gasteiger partial charge in [0, 0.05) is 16.8 Å². The van der Waals surface area contributed by atoms with Gasteiger partial charge < -0.3 is 5.43 Å². The summed E-state index contributed by atoms with van der Waals surface area (Å²) in [6.45, 7) is 0. The number of rotatable bonds is 2. The minimum absolute atomic E-state index is 0.304. The first kappa shape index (κ1) is 12.5. The lowest BCUT2D eigenvalue weighted by Crippen LogP contribution is -2.12. The first-order valence-electron chi connectivity index (χ1n) is 6.01. The van der Waals surface area contributed by atoms with Crippen molar-refractivity contribution in [2.45, 2.75) is 19.3 Å². The largest absolute Gasteiger partial charge is 0.308 e. The summed E-state index contributed by atoms with van der Waals surface area (Å²) in [6.07, 6.45) is 2.94. The van der Waals surface area contributed by atoms with Gasteiger partial charge in [-0.1, -0.05) is 0 Å². The molecule has 98 valence electrons. The van der Waals surface area contributed by atoms with Crippen molar-refractivity contribution in [1.29, 1.82) is 0 Å². The highest BCUT2D eigenvalue weighted by Gasteiger charge is 2.19. The van der Waals surface area contributed by atoms with Crippen LogP contribution in [0.2, 0.25) is 0 Å². The van der Waals surface area contributed by atoms with E-state index >= 15 is 0 Å². The lowest BCUT2D eigenvalue weighted by molar-refractivity contribution is 0.621. The van der Waals surface area contributed by atoms with Crippen molar-refractivity contribution in [3.63, 3.8) is 0 Å². The van der Waals surface area contributed by atoms with Gasteiger partial charge in [0.15, 0.2) is 5.82 Å². The second-order valence-electron chi connectivity index (χ2n) is 4.45. The van der Waals surface area contributed by atoms with Crippen LogP contribution in [0.15, 0.2) is 22.7 Å². The van der Waals surface area contributed by atoms with Gasteiger partial charge in [-0.2, -0.15) is 0 Å². The highest BCUT2D eigenvalue weighted by atomic mass is 79.9. The zero-order valence-electron chi connectivity index (χ0n) is 10.1. The van der Waals surface area contributed by atoms with E-state index in [1.165, 1.54) is 6.07 Å². The number of anilines is 1. The molecule has 4 nitrogen and oxygen atoms in total. The smallest absolute Gasteiger partial charge is 0.161 e. The molecule has 1 aromatic heterocycles. The zero-order chi connectivity index (χ0) is 13.4. The fourth-order valence-corrected chi connectivity index (χ4v) is 2.69. The first-order valence-corrected chi connectivity index (χ1v) is 6.80. The predicted octanol–water partition coefficient (Wildman–Crippen LogP) is 2.82. The molecular formula is C13H12BrFN4. The molecule has 0 saturated heterocycles. The summed E-state index contributed by atoms with van der Waals surface area (Å²) in [5.41, 5.74) is 5.51. The van der Waals surface area contributed by atoms with Crippen LogP contribution in [-0.4, -0.2) is 9.97 Å². The topological polar surface area (TPSA) is 63.8 Å². The Morgan fingerprint density at radius 3 is 2.84 bits per heavy atom. The van der Waals surface area contributed by atoms with Crippen molar-refractivity contribution in [3.05, 3.63) is 39.7 Å². The molecule has 3 rings (SSSR count). The average molecular weight is 323 g/mol. The van der Waals surface area contributed by atoms with Crippen molar-refractivity contribution in [2.75, 3.05) is 5.43 Å². The van der Waals surface area contributed by atoms with Gasteiger partial charge in [-0.3, -0.25) is 0 Å². The molecule has 0 radical (unpaired) electrons. The maximum absolute atomic E-state index is 13.3. The van der Waals surface area contributed by atoms with E-state index < -0.39 is 0 Å². The number of halogens is 2. The van der Waals surface area contributed by atoms with Gasteiger partial charge in [-0.25, -0.2) is 20.2 Å². The van der Waals surface area contributed by atoms with Crippen LogP contribution in [0.3, 0.4) is 0 Å². The summed E-state index contributed by atoms with van der Waals surface area (Å²) in [6, 6.07) is 4.73. The van der Waals surface area contributed by atoms with E-state index in [0.29, 0.717) is 16.1 Å². The Hall–Kier alpha value is -1.53. The fraction of sp³-hybridized carbons (Fsp3) is 0.231. The average Bonchev–Trinajstić information content (AvgIpc) is 2.89. The van der Waals surface area contributed by atoms with Gasteiger partial charge in [0.05, 0.1) is 4.47 Å². The first-order chi connectivity index (χ1) is 9.19. The van der Waals surface area contributed by atoms with Gasteiger partial charge in [-0.05, 0) is 53.4 Å². The molecule has 2 aromatic rings. The predicted molar refractivity (Wildman–Crippen MR) is 75.0 cm³/mol. The van der Waals surface area contributed by atoms with Crippen LogP contribution in [0, 0.1) is 5.82 Å². The summed E-state index contributed by atoms with van der Waals surface area (Å²) in [4.78, 5) is 8.97. The fourth-order valence-electron chi connectivity index (χ4n) is 2.32. The second-order valence-corrected chi connectivity index (χ2v) is 5.30. The van der Waals surface area contributed by atoms with Crippen LogP contribution in [0.25, 0.3) is 11.4 Å². The minimum atomic E-state index is -0.304. The number of hydrogen-bond donors (Lipinski definition) is 2. The van der Waals surface area contributed by atoms with Crippen molar-refractivity contribution in [2.24, 2.45) is 5.84 Å². The number of aryl methyl sites for hydroxylation is 1. The number of fused-ring (bicyclic) bond motifs is 1. The van der Waals surface area contributed by atoms with E-state index in [-0.39, 0.29) is 5.82 Å². The van der Waals surface area contributed by atoms with Gasteiger partial charge in [-0.15, -0.1) is 0 Å². The van der Waals surface area contributed by atoms with E-state index in [4.69, 9.17) is 5.84 Å². The maximum atomic E-state index is 13.3. The lowest BCUT2D eigenvalue weighted by Gasteiger charge is -2.09. The molecule has 1 heterocycles. The van der Waals surface area contributed by atoms with Gasteiger partial charge >= 0.3 is 0 Å². The molecule has 0 amide bonds. The van der Waals surface area contributed by atoms with Crippen molar-refractivity contribution >= 4 is 21.7 Å². The maximum Gasteiger partial charge on any atom is 0.161 e. The number of hydrogen-bond acceptors (Lipinski definition) is 4. The molecule has 0 unspecified atom stereocenters. The third-order valence-electron chi connectivity index (χ3n) is 3.25. The van der Waals surface area contributed by atoms with Crippen LogP contribution < -0.4 is 11.3 Å². The zero-order valence-corrected chi connectivity index (χ0v) is 11.7. The third kappa shape index (κ3) is 2.21. The molecule has 0 saturated carbocycles. The molecular weight excluding hydrogens is 311 g/mol. The molecule has 0 atom stereocenters. The van der Waals surface area contributed by atoms with Crippen LogP contribution >= 0.6 is 15.9 Å². The Bertz CT molecular complexity index is 645. The number of hydrazine groups is 1. The SMILES string of the molecule is NNc1nc(-c2ccc(F)c(Br)c2)nc2c1CCC2. The van der Waals surface area contributed by atoms with Crippen molar-refractivity contribution < 1.29 is 4.39 Å². The summed E-state index contributed by atoms with van der Waals surface area (Å²) < 4.78 is 13.7. The summed E-state index contributed by atoms with van der Waals surface area (Å²) in [5, 5.41) is 0. The Morgan fingerprint density at radius 1 is 1.26 bits per heavy atom. The second kappa shape index (κ2) is 4.86. The van der Waals surface area contributed by atoms with Crippen molar-refractivity contribution in [1.82, 2.24) is 9.97 Å². The lowest BCUT2D eigenvalue weighted by atomic mass is 10.2. The molecule has 0 bridgehead atoms. The minimum Gasteiger partial charge on any atom is -0.308 e. The van der Waals surface area contributed by atoms with Crippen LogP contribution in [0.4, 0.5) is 10.2 Å². The van der Waals surface area contributed by atoms with Gasteiger partial charge in [0.25, 0.3) is 0 Å². The van der Waals surface area contributed by atoms with Crippen LogP contribution in [-0.2, 0) is 12.8 Å². The van der Waals surface area contributed by atoms with E-state index in [0.717, 1.165) is 36.1 Å². The molecule has 1 aliphatic rings. The summed E-state index contributed by atoms with van der Waals surface area (Å²) in [7, 11) is 0. The van der Waals surface area contributed by atoms with Crippen molar-refractivity contribution in [3.8, 4) is 11.4 Å². The molecule has 0 fully saturated rings. The number of benzene rings is 1. The molecule has 1 aliphatic carbocycles. The standard InChI is InChI=1S/C13H12BrFN4/c14-9-6-7(4-5-10(9)15)12-17-11-3-1-2-8(11)13(18-12)19-16/h4-6H,1-3,16H2,(H,17,18,19). The summed E-state index contributed by atoms with van der Waals surface area (Å²) in [5.74, 6) is 6.44. The number of nitrogen functional groups attached to an aromatic ring is 1. The molecule has 3 N–H and O–H groups in total. The number of nitrogens with two attached hydrogens (primary N) is 1. The van der Waals surface area contributed by atoms with Crippen LogP contribution in [0.1, 0.15) is 17.7 Å². The van der Waals surface area contributed by atoms with E-state index in [9.17, 15) is 4.39 Å². The Balaban J connectivity index is 2.12. The number of nitrogens with one attached hydrogen (secondary N) is 1.